The number of esters is 1. The third-order valence-electron chi connectivity index (χ3n) is 4.16. The zero-order valence-corrected chi connectivity index (χ0v) is 14.6. The summed E-state index contributed by atoms with van der Waals surface area (Å²) < 4.78 is 21.0. The van der Waals surface area contributed by atoms with Crippen molar-refractivity contribution < 1.29 is 23.4 Å². The van der Waals surface area contributed by atoms with Crippen LogP contribution in [-0.4, -0.2) is 12.8 Å². The summed E-state index contributed by atoms with van der Waals surface area (Å²) in [4.78, 5) is 23.8. The van der Waals surface area contributed by atoms with Gasteiger partial charge in [0, 0.05) is 23.1 Å². The number of benzene rings is 2. The molecule has 0 aliphatic carbocycles. The summed E-state index contributed by atoms with van der Waals surface area (Å²) in [5.74, 6) is 0.809. The molecular weight excluding hydrogens is 348 g/mol. The fourth-order valence-electron chi connectivity index (χ4n) is 2.83. The standard InChI is InChI=1S/C21H16O6/c1-13-2-5-16-15(10-21(23)27-18(16)8-13)11-24-20(22)7-4-14-3-6-17-19(9-14)26-12-25-17/h2-10H,11-12H2,1H3. The summed E-state index contributed by atoms with van der Waals surface area (Å²) in [5.41, 5.74) is 2.37. The van der Waals surface area contributed by atoms with Gasteiger partial charge < -0.3 is 18.6 Å². The molecule has 136 valence electrons. The van der Waals surface area contributed by atoms with Gasteiger partial charge in [-0.25, -0.2) is 9.59 Å². The van der Waals surface area contributed by atoms with Crippen LogP contribution in [0.15, 0.2) is 57.8 Å². The van der Waals surface area contributed by atoms with E-state index in [1.165, 1.54) is 12.1 Å². The number of rotatable bonds is 4. The highest BCUT2D eigenvalue weighted by molar-refractivity contribution is 5.87. The maximum Gasteiger partial charge on any atom is 0.336 e. The Bertz CT molecular complexity index is 1110. The van der Waals surface area contributed by atoms with Crippen LogP contribution in [0.4, 0.5) is 0 Å². The van der Waals surface area contributed by atoms with Gasteiger partial charge in [-0.3, -0.25) is 0 Å². The van der Waals surface area contributed by atoms with E-state index in [0.717, 1.165) is 16.5 Å². The number of carbonyl (C=O) groups excluding carboxylic acids is 1. The van der Waals surface area contributed by atoms with Gasteiger partial charge in [0.1, 0.15) is 12.2 Å². The largest absolute Gasteiger partial charge is 0.458 e. The molecule has 0 amide bonds. The topological polar surface area (TPSA) is 75.0 Å². The van der Waals surface area contributed by atoms with Crippen LogP contribution in [0, 0.1) is 6.92 Å². The second-order valence-electron chi connectivity index (χ2n) is 6.14. The first kappa shape index (κ1) is 16.9. The first-order valence-electron chi connectivity index (χ1n) is 8.36. The van der Waals surface area contributed by atoms with E-state index >= 15 is 0 Å². The monoisotopic (exact) mass is 364 g/mol. The molecule has 3 aromatic rings. The van der Waals surface area contributed by atoms with Crippen LogP contribution in [0.1, 0.15) is 16.7 Å². The first-order chi connectivity index (χ1) is 13.1. The lowest BCUT2D eigenvalue weighted by Gasteiger charge is -2.06. The molecule has 1 aromatic heterocycles. The van der Waals surface area contributed by atoms with Crippen molar-refractivity contribution in [2.24, 2.45) is 0 Å². The number of aryl methyl sites for hydroxylation is 1. The van der Waals surface area contributed by atoms with Crippen molar-refractivity contribution in [2.45, 2.75) is 13.5 Å². The smallest absolute Gasteiger partial charge is 0.336 e. The molecule has 0 spiro atoms. The minimum Gasteiger partial charge on any atom is -0.458 e. The van der Waals surface area contributed by atoms with Crippen molar-refractivity contribution in [2.75, 3.05) is 6.79 Å². The Hall–Kier alpha value is -3.54. The van der Waals surface area contributed by atoms with Crippen LogP contribution in [0.5, 0.6) is 11.5 Å². The Labute approximate surface area is 154 Å². The third kappa shape index (κ3) is 3.69. The normalized spacial score (nSPS) is 12.6. The number of carbonyl (C=O) groups is 1. The van der Waals surface area contributed by atoms with Crippen LogP contribution in [0.3, 0.4) is 0 Å². The molecule has 1 aliphatic heterocycles. The van der Waals surface area contributed by atoms with Crippen molar-refractivity contribution in [3.8, 4) is 11.5 Å². The number of ether oxygens (including phenoxy) is 3. The number of hydrogen-bond acceptors (Lipinski definition) is 6. The molecule has 0 saturated heterocycles. The Kier molecular flexibility index (Phi) is 4.38. The summed E-state index contributed by atoms with van der Waals surface area (Å²) in [7, 11) is 0. The maximum absolute atomic E-state index is 12.0. The summed E-state index contributed by atoms with van der Waals surface area (Å²) in [6, 6.07) is 12.3. The molecule has 0 bridgehead atoms. The fourth-order valence-corrected chi connectivity index (χ4v) is 2.83. The van der Waals surface area contributed by atoms with Crippen molar-refractivity contribution in [3.05, 3.63) is 75.7 Å². The van der Waals surface area contributed by atoms with Gasteiger partial charge in [-0.1, -0.05) is 18.2 Å². The van der Waals surface area contributed by atoms with E-state index in [2.05, 4.69) is 0 Å². The summed E-state index contributed by atoms with van der Waals surface area (Å²) >= 11 is 0. The lowest BCUT2D eigenvalue weighted by atomic mass is 10.1. The van der Waals surface area contributed by atoms with Gasteiger partial charge in [0.15, 0.2) is 11.5 Å². The number of fused-ring (bicyclic) bond motifs is 2. The molecule has 6 nitrogen and oxygen atoms in total. The second kappa shape index (κ2) is 6.99. The average molecular weight is 364 g/mol. The molecule has 2 heterocycles. The second-order valence-corrected chi connectivity index (χ2v) is 6.14. The SMILES string of the molecule is Cc1ccc2c(COC(=O)C=Cc3ccc4c(c3)OCO4)cc(=O)oc2c1. The van der Waals surface area contributed by atoms with E-state index in [4.69, 9.17) is 18.6 Å². The van der Waals surface area contributed by atoms with Crippen LogP contribution in [-0.2, 0) is 16.1 Å². The van der Waals surface area contributed by atoms with E-state index in [1.54, 1.807) is 24.3 Å². The van der Waals surface area contributed by atoms with Crippen LogP contribution < -0.4 is 15.1 Å². The van der Waals surface area contributed by atoms with Gasteiger partial charge in [0.2, 0.25) is 6.79 Å². The van der Waals surface area contributed by atoms with Gasteiger partial charge >= 0.3 is 11.6 Å². The predicted molar refractivity (Wildman–Crippen MR) is 98.6 cm³/mol. The van der Waals surface area contributed by atoms with Crippen molar-refractivity contribution in [1.82, 2.24) is 0 Å². The van der Waals surface area contributed by atoms with E-state index < -0.39 is 11.6 Å². The van der Waals surface area contributed by atoms with E-state index in [1.807, 2.05) is 25.1 Å². The summed E-state index contributed by atoms with van der Waals surface area (Å²) in [6.07, 6.45) is 2.96. The highest BCUT2D eigenvalue weighted by Gasteiger charge is 2.12. The van der Waals surface area contributed by atoms with E-state index in [0.29, 0.717) is 22.6 Å². The molecule has 0 N–H and O–H groups in total. The highest BCUT2D eigenvalue weighted by Crippen LogP contribution is 2.32. The van der Waals surface area contributed by atoms with E-state index in [9.17, 15) is 9.59 Å². The van der Waals surface area contributed by atoms with Gasteiger partial charge in [-0.15, -0.1) is 0 Å². The fraction of sp³-hybridized carbons (Fsp3) is 0.143. The molecule has 2 aromatic carbocycles. The zero-order chi connectivity index (χ0) is 18.8. The van der Waals surface area contributed by atoms with Crippen LogP contribution in [0.2, 0.25) is 0 Å². The molecule has 6 heteroatoms. The van der Waals surface area contributed by atoms with Crippen molar-refractivity contribution >= 4 is 23.0 Å². The Morgan fingerprint density at radius 1 is 1.11 bits per heavy atom. The maximum atomic E-state index is 12.0. The molecular formula is C21H16O6. The third-order valence-corrected chi connectivity index (χ3v) is 4.16. The Morgan fingerprint density at radius 2 is 1.96 bits per heavy atom. The Morgan fingerprint density at radius 3 is 2.85 bits per heavy atom. The molecule has 27 heavy (non-hydrogen) atoms. The lowest BCUT2D eigenvalue weighted by molar-refractivity contribution is -0.138. The molecule has 0 radical (unpaired) electrons. The van der Waals surface area contributed by atoms with Gasteiger partial charge in [0.25, 0.3) is 0 Å². The van der Waals surface area contributed by atoms with E-state index in [-0.39, 0.29) is 13.4 Å². The molecule has 0 unspecified atom stereocenters. The molecule has 0 fully saturated rings. The molecule has 0 atom stereocenters. The van der Waals surface area contributed by atoms with Crippen molar-refractivity contribution in [3.63, 3.8) is 0 Å². The molecule has 4 rings (SSSR count). The van der Waals surface area contributed by atoms with Crippen molar-refractivity contribution in [1.29, 1.82) is 0 Å². The first-order valence-corrected chi connectivity index (χ1v) is 8.36. The minimum absolute atomic E-state index is 0.0184. The number of hydrogen-bond donors (Lipinski definition) is 0. The van der Waals surface area contributed by atoms with Crippen LogP contribution >= 0.6 is 0 Å². The van der Waals surface area contributed by atoms with Gasteiger partial charge in [-0.2, -0.15) is 0 Å². The summed E-state index contributed by atoms with van der Waals surface area (Å²) in [6.45, 7) is 2.09. The van der Waals surface area contributed by atoms with Gasteiger partial charge in [-0.05, 0) is 42.3 Å². The Balaban J connectivity index is 1.46. The lowest BCUT2D eigenvalue weighted by Crippen LogP contribution is -2.05. The summed E-state index contributed by atoms with van der Waals surface area (Å²) in [5, 5.41) is 0.743. The van der Waals surface area contributed by atoms with Gasteiger partial charge in [0.05, 0.1) is 0 Å². The quantitative estimate of drug-likeness (QED) is 0.400. The van der Waals surface area contributed by atoms with Crippen LogP contribution in [0.25, 0.3) is 17.0 Å². The highest BCUT2D eigenvalue weighted by atomic mass is 16.7. The zero-order valence-electron chi connectivity index (χ0n) is 14.6. The average Bonchev–Trinajstić information content (AvgIpc) is 3.11. The predicted octanol–water partition coefficient (Wildman–Crippen LogP) is 3.59. The minimum atomic E-state index is -0.513. The molecule has 0 saturated carbocycles. The molecule has 1 aliphatic rings.